The summed E-state index contributed by atoms with van der Waals surface area (Å²) >= 11 is -1.68. The van der Waals surface area contributed by atoms with E-state index in [-0.39, 0.29) is 0 Å². The van der Waals surface area contributed by atoms with E-state index in [0.717, 1.165) is 9.95 Å². The molecule has 0 spiro atoms. The second-order valence-corrected chi connectivity index (χ2v) is 6.67. The molecule has 114 valence electrons. The monoisotopic (exact) mass is 418 g/mol. The van der Waals surface area contributed by atoms with Crippen LogP contribution < -0.4 is 21.2 Å². The molecule has 1 N–H and O–H groups in total. The summed E-state index contributed by atoms with van der Waals surface area (Å²) in [6.07, 6.45) is 1.33. The van der Waals surface area contributed by atoms with Crippen LogP contribution in [0, 0.1) is 9.34 Å². The van der Waals surface area contributed by atoms with Gasteiger partial charge in [-0.15, -0.1) is 0 Å². The van der Waals surface area contributed by atoms with Gasteiger partial charge in [0.15, 0.2) is 0 Å². The molecule has 0 saturated carbocycles. The van der Waals surface area contributed by atoms with Gasteiger partial charge in [0, 0.05) is 0 Å². The molecule has 3 rings (SSSR count). The fourth-order valence-corrected chi connectivity index (χ4v) is 3.42. The standard InChI is InChI=1S/C13H8F3IN5/c14-13(15,16)12(17-6-18)22-4-2-8(5-22)10-9-1-3-19-11(9)21-7-20-10/h1-5,7,12H,(H,19,20,21)/q-1/t12-/m1/s1. The predicted molar refractivity (Wildman–Crippen MR) is 68.0 cm³/mol. The van der Waals surface area contributed by atoms with Crippen LogP contribution >= 0.6 is 0 Å². The Morgan fingerprint density at radius 3 is 2.86 bits per heavy atom. The van der Waals surface area contributed by atoms with E-state index < -0.39 is 31.4 Å². The third kappa shape index (κ3) is 2.66. The Morgan fingerprint density at radius 2 is 2.14 bits per heavy atom. The maximum atomic E-state index is 13.0. The van der Waals surface area contributed by atoms with Crippen LogP contribution in [0.25, 0.3) is 22.3 Å². The van der Waals surface area contributed by atoms with E-state index in [1.807, 2.05) is 0 Å². The van der Waals surface area contributed by atoms with Crippen molar-refractivity contribution in [1.82, 2.24) is 19.5 Å². The van der Waals surface area contributed by atoms with Crippen LogP contribution in [0.5, 0.6) is 0 Å². The molecule has 22 heavy (non-hydrogen) atoms. The fourth-order valence-electron chi connectivity index (χ4n) is 2.13. The van der Waals surface area contributed by atoms with Crippen LogP contribution in [0.15, 0.2) is 37.1 Å². The number of aromatic amines is 1. The predicted octanol–water partition coefficient (Wildman–Crippen LogP) is 0.0574. The summed E-state index contributed by atoms with van der Waals surface area (Å²) in [7, 11) is 0. The summed E-state index contributed by atoms with van der Waals surface area (Å²) in [4.78, 5) is 11.1. The van der Waals surface area contributed by atoms with Crippen molar-refractivity contribution < 1.29 is 34.4 Å². The van der Waals surface area contributed by atoms with Crippen molar-refractivity contribution in [3.8, 4) is 15.3 Å². The molecule has 3 heterocycles. The van der Waals surface area contributed by atoms with Crippen molar-refractivity contribution >= 4 is 11.0 Å². The zero-order chi connectivity index (χ0) is 15.7. The summed E-state index contributed by atoms with van der Waals surface area (Å²) in [6, 6.07) is 3.33. The van der Waals surface area contributed by atoms with Crippen molar-refractivity contribution in [1.29, 1.82) is 5.26 Å². The average molecular weight is 418 g/mol. The van der Waals surface area contributed by atoms with Crippen LogP contribution in [0.4, 0.5) is 13.2 Å². The van der Waals surface area contributed by atoms with Gasteiger partial charge in [0.05, 0.1) is 0 Å². The molecule has 9 heteroatoms. The molecule has 0 aliphatic heterocycles. The van der Waals surface area contributed by atoms with Crippen LogP contribution in [0.3, 0.4) is 0 Å². The number of nitrogens with zero attached hydrogens (tertiary/aromatic N) is 4. The number of H-pyrrole nitrogens is 1. The van der Waals surface area contributed by atoms with Gasteiger partial charge in [-0.3, -0.25) is 0 Å². The van der Waals surface area contributed by atoms with Crippen molar-refractivity contribution in [2.24, 2.45) is 0 Å². The molecule has 0 saturated heterocycles. The van der Waals surface area contributed by atoms with Crippen LogP contribution in [0.2, 0.25) is 0 Å². The van der Waals surface area contributed by atoms with Crippen LogP contribution in [-0.2, 0) is 0 Å². The molecule has 5 nitrogen and oxygen atoms in total. The van der Waals surface area contributed by atoms with Gasteiger partial charge in [0.25, 0.3) is 0 Å². The second-order valence-electron chi connectivity index (χ2n) is 4.38. The number of hydrogen-bond donors (Lipinski definition) is 1. The topological polar surface area (TPSA) is 70.3 Å². The molecule has 0 aromatic carbocycles. The van der Waals surface area contributed by atoms with Crippen LogP contribution in [0.1, 0.15) is 4.05 Å². The summed E-state index contributed by atoms with van der Waals surface area (Å²) in [5.74, 6) is 0. The minimum atomic E-state index is -4.44. The van der Waals surface area contributed by atoms with Gasteiger partial charge >= 0.3 is 133 Å². The van der Waals surface area contributed by atoms with Crippen LogP contribution in [-0.4, -0.2) is 25.7 Å². The molecule has 0 aliphatic rings. The maximum absolute atomic E-state index is 13.0. The van der Waals surface area contributed by atoms with Gasteiger partial charge in [-0.2, -0.15) is 0 Å². The summed E-state index contributed by atoms with van der Waals surface area (Å²) < 4.78 is 40.1. The molecule has 0 radical (unpaired) electrons. The van der Waals surface area contributed by atoms with E-state index in [1.165, 1.54) is 18.7 Å². The first-order valence-electron chi connectivity index (χ1n) is 6.05. The van der Waals surface area contributed by atoms with Crippen molar-refractivity contribution in [2.45, 2.75) is 10.2 Å². The molecule has 3 aromatic rings. The van der Waals surface area contributed by atoms with E-state index in [1.54, 1.807) is 22.4 Å². The number of aromatic nitrogens is 4. The molecule has 3 aromatic heterocycles. The fraction of sp³-hybridized carbons (Fsp3) is 0.154. The molecule has 1 atom stereocenters. The van der Waals surface area contributed by atoms with E-state index in [4.69, 9.17) is 5.26 Å². The number of nitrogens with one attached hydrogen (secondary N) is 1. The molecule has 0 unspecified atom stereocenters. The first kappa shape index (κ1) is 14.8. The van der Waals surface area contributed by atoms with E-state index in [0.29, 0.717) is 16.9 Å². The van der Waals surface area contributed by atoms with Gasteiger partial charge < -0.3 is 0 Å². The van der Waals surface area contributed by atoms with Crippen molar-refractivity contribution in [3.05, 3.63) is 37.1 Å². The Morgan fingerprint density at radius 1 is 1.32 bits per heavy atom. The normalized spacial score (nSPS) is 13.4. The number of fused-ring (bicyclic) bond motifs is 1. The quantitative estimate of drug-likeness (QED) is 0.483. The summed E-state index contributed by atoms with van der Waals surface area (Å²) in [6.45, 7) is 0. The summed E-state index contributed by atoms with van der Waals surface area (Å²) in [5.41, 5.74) is 1.74. The Hall–Kier alpha value is -2.09. The summed E-state index contributed by atoms with van der Waals surface area (Å²) in [5, 5.41) is 9.39. The zero-order valence-corrected chi connectivity index (χ0v) is 13.0. The number of alkyl halides is 4. The van der Waals surface area contributed by atoms with Gasteiger partial charge in [0.1, 0.15) is 0 Å². The van der Waals surface area contributed by atoms with Gasteiger partial charge in [0.2, 0.25) is 0 Å². The Kier molecular flexibility index (Phi) is 3.78. The van der Waals surface area contributed by atoms with Gasteiger partial charge in [-0.25, -0.2) is 0 Å². The number of nitriles is 1. The van der Waals surface area contributed by atoms with Crippen molar-refractivity contribution in [3.63, 3.8) is 0 Å². The average Bonchev–Trinajstić information content (AvgIpc) is 3.11. The number of rotatable bonds is 3. The Balaban J connectivity index is 2.04. The SMILES string of the molecule is N#C[I-][C@H](n1ccc(-c2ncnc3[nH]ccc23)c1)C(F)(F)F. The van der Waals surface area contributed by atoms with Crippen molar-refractivity contribution in [2.75, 3.05) is 0 Å². The molecule has 0 fully saturated rings. The Bertz CT molecular complexity index is 845. The van der Waals surface area contributed by atoms with E-state index in [9.17, 15) is 13.2 Å². The van der Waals surface area contributed by atoms with Gasteiger partial charge in [-0.05, 0) is 0 Å². The van der Waals surface area contributed by atoms with E-state index >= 15 is 0 Å². The molecule has 0 bridgehead atoms. The Labute approximate surface area is 133 Å². The zero-order valence-electron chi connectivity index (χ0n) is 10.8. The first-order chi connectivity index (χ1) is 10.5. The van der Waals surface area contributed by atoms with Gasteiger partial charge in [-0.1, -0.05) is 0 Å². The van der Waals surface area contributed by atoms with E-state index in [2.05, 4.69) is 15.0 Å². The number of hydrogen-bond acceptors (Lipinski definition) is 3. The second kappa shape index (κ2) is 5.60. The minimum absolute atomic E-state index is 0.557. The molecular formula is C13H8F3IN5-. The molecule has 0 aliphatic carbocycles. The third-order valence-corrected chi connectivity index (χ3v) is 5.24. The first-order valence-corrected chi connectivity index (χ1v) is 8.37. The third-order valence-electron chi connectivity index (χ3n) is 3.03. The number of halogens is 4. The molecular weight excluding hydrogens is 410 g/mol. The molecule has 0 amide bonds.